The molecule has 1 aromatic carbocycles. The first-order chi connectivity index (χ1) is 10.4. The number of aromatic nitrogens is 1. The van der Waals surface area contributed by atoms with E-state index in [4.69, 9.17) is 0 Å². The molecule has 1 unspecified atom stereocenters. The molecule has 0 radical (unpaired) electrons. The minimum absolute atomic E-state index is 0.0270. The van der Waals surface area contributed by atoms with Crippen molar-refractivity contribution < 1.29 is 19.1 Å². The number of fused-ring (bicyclic) bond motifs is 1. The Bertz CT molecular complexity index is 732. The third kappa shape index (κ3) is 3.05. The smallest absolute Gasteiger partial charge is 0.329 e. The molecule has 0 fully saturated rings. The van der Waals surface area contributed by atoms with Crippen molar-refractivity contribution in [1.82, 2.24) is 10.3 Å². The van der Waals surface area contributed by atoms with Crippen molar-refractivity contribution in [2.45, 2.75) is 32.2 Å². The van der Waals surface area contributed by atoms with Crippen molar-refractivity contribution in [3.05, 3.63) is 41.8 Å². The van der Waals surface area contributed by atoms with E-state index in [1.54, 1.807) is 12.1 Å². The third-order valence-corrected chi connectivity index (χ3v) is 3.53. The zero-order valence-electron chi connectivity index (χ0n) is 12.4. The van der Waals surface area contributed by atoms with Gasteiger partial charge in [-0.25, -0.2) is 9.18 Å². The van der Waals surface area contributed by atoms with Gasteiger partial charge >= 0.3 is 5.97 Å². The SMILES string of the molecule is CCCC(C)(NC(=O)c1cc(F)cc2cccnc12)C(=O)O. The number of aliphatic carboxylic acids is 1. The van der Waals surface area contributed by atoms with Gasteiger partial charge in [0.25, 0.3) is 5.91 Å². The number of hydrogen-bond donors (Lipinski definition) is 2. The first-order valence-electron chi connectivity index (χ1n) is 6.97. The molecule has 0 saturated carbocycles. The van der Waals surface area contributed by atoms with E-state index < -0.39 is 23.2 Å². The lowest BCUT2D eigenvalue weighted by Crippen LogP contribution is -2.52. The molecule has 0 aliphatic rings. The summed E-state index contributed by atoms with van der Waals surface area (Å²) in [5.74, 6) is -2.35. The van der Waals surface area contributed by atoms with Gasteiger partial charge in [0.05, 0.1) is 11.1 Å². The van der Waals surface area contributed by atoms with Crippen molar-refractivity contribution in [2.24, 2.45) is 0 Å². The number of nitrogens with one attached hydrogen (secondary N) is 1. The van der Waals surface area contributed by atoms with E-state index in [0.29, 0.717) is 17.3 Å². The van der Waals surface area contributed by atoms with E-state index in [9.17, 15) is 19.1 Å². The van der Waals surface area contributed by atoms with Crippen LogP contribution in [0.2, 0.25) is 0 Å². The molecule has 0 bridgehead atoms. The summed E-state index contributed by atoms with van der Waals surface area (Å²) in [7, 11) is 0. The number of carboxylic acids is 1. The standard InChI is InChI=1S/C16H17FN2O3/c1-3-6-16(2,15(21)22)19-14(20)12-9-11(17)8-10-5-4-7-18-13(10)12/h4-5,7-9H,3,6H2,1-2H3,(H,19,20)(H,21,22). The molecule has 0 aliphatic carbocycles. The van der Waals surface area contributed by atoms with Crippen molar-refractivity contribution in [2.75, 3.05) is 0 Å². The molecule has 2 aromatic rings. The lowest BCUT2D eigenvalue weighted by atomic mass is 9.95. The van der Waals surface area contributed by atoms with E-state index in [1.807, 2.05) is 6.92 Å². The minimum Gasteiger partial charge on any atom is -0.480 e. The maximum Gasteiger partial charge on any atom is 0.329 e. The van der Waals surface area contributed by atoms with Gasteiger partial charge in [-0.15, -0.1) is 0 Å². The summed E-state index contributed by atoms with van der Waals surface area (Å²) in [6.45, 7) is 3.26. The van der Waals surface area contributed by atoms with Crippen molar-refractivity contribution >= 4 is 22.8 Å². The molecule has 0 saturated heterocycles. The molecule has 22 heavy (non-hydrogen) atoms. The molecule has 1 amide bonds. The Morgan fingerprint density at radius 1 is 1.41 bits per heavy atom. The summed E-state index contributed by atoms with van der Waals surface area (Å²) in [5, 5.41) is 12.3. The van der Waals surface area contributed by atoms with Crippen LogP contribution < -0.4 is 5.32 Å². The number of carbonyl (C=O) groups excluding carboxylic acids is 1. The Morgan fingerprint density at radius 3 is 2.77 bits per heavy atom. The Balaban J connectivity index is 2.43. The summed E-state index contributed by atoms with van der Waals surface area (Å²) >= 11 is 0. The fourth-order valence-corrected chi connectivity index (χ4v) is 2.37. The average Bonchev–Trinajstić information content (AvgIpc) is 2.46. The monoisotopic (exact) mass is 304 g/mol. The van der Waals surface area contributed by atoms with Crippen LogP contribution in [0.4, 0.5) is 4.39 Å². The molecule has 0 aliphatic heterocycles. The summed E-state index contributed by atoms with van der Waals surface area (Å²) in [6, 6.07) is 5.63. The van der Waals surface area contributed by atoms with E-state index >= 15 is 0 Å². The highest BCUT2D eigenvalue weighted by atomic mass is 19.1. The quantitative estimate of drug-likeness (QED) is 0.890. The number of amides is 1. The van der Waals surface area contributed by atoms with Crippen LogP contribution in [-0.4, -0.2) is 27.5 Å². The van der Waals surface area contributed by atoms with Crippen molar-refractivity contribution in [3.63, 3.8) is 0 Å². The predicted octanol–water partition coefficient (Wildman–Crippen LogP) is 2.75. The van der Waals surface area contributed by atoms with Gasteiger partial charge in [-0.05, 0) is 31.5 Å². The van der Waals surface area contributed by atoms with Crippen LogP contribution in [0.3, 0.4) is 0 Å². The number of benzene rings is 1. The molecule has 6 heteroatoms. The topological polar surface area (TPSA) is 79.3 Å². The van der Waals surface area contributed by atoms with Crippen LogP contribution in [0.1, 0.15) is 37.0 Å². The molecule has 2 N–H and O–H groups in total. The normalized spacial score (nSPS) is 13.6. The second kappa shape index (κ2) is 6.09. The van der Waals surface area contributed by atoms with E-state index in [2.05, 4.69) is 10.3 Å². The number of nitrogens with zero attached hydrogens (tertiary/aromatic N) is 1. The number of hydrogen-bond acceptors (Lipinski definition) is 3. The lowest BCUT2D eigenvalue weighted by Gasteiger charge is -2.26. The first kappa shape index (κ1) is 15.9. The van der Waals surface area contributed by atoms with E-state index in [-0.39, 0.29) is 12.0 Å². The number of pyridine rings is 1. The van der Waals surface area contributed by atoms with Gasteiger partial charge < -0.3 is 10.4 Å². The third-order valence-electron chi connectivity index (χ3n) is 3.53. The van der Waals surface area contributed by atoms with Crippen LogP contribution in [-0.2, 0) is 4.79 Å². The van der Waals surface area contributed by atoms with Gasteiger partial charge in [-0.2, -0.15) is 0 Å². The molecule has 0 spiro atoms. The minimum atomic E-state index is -1.40. The molecule has 1 aromatic heterocycles. The lowest BCUT2D eigenvalue weighted by molar-refractivity contribution is -0.144. The van der Waals surface area contributed by atoms with E-state index in [1.165, 1.54) is 19.2 Å². The van der Waals surface area contributed by atoms with Crippen LogP contribution >= 0.6 is 0 Å². The van der Waals surface area contributed by atoms with Gasteiger partial charge in [-0.1, -0.05) is 19.4 Å². The fourth-order valence-electron chi connectivity index (χ4n) is 2.37. The maximum absolute atomic E-state index is 13.7. The number of carbonyl (C=O) groups is 2. The average molecular weight is 304 g/mol. The highest BCUT2D eigenvalue weighted by Crippen LogP contribution is 2.20. The molecule has 1 atom stereocenters. The Kier molecular flexibility index (Phi) is 4.40. The number of carboxylic acid groups (broad SMARTS) is 1. The molecule has 2 rings (SSSR count). The Labute approximate surface area is 127 Å². The van der Waals surface area contributed by atoms with Gasteiger partial charge in [0.1, 0.15) is 11.4 Å². The van der Waals surface area contributed by atoms with Gasteiger partial charge in [0.15, 0.2) is 0 Å². The summed E-state index contributed by atoms with van der Waals surface area (Å²) < 4.78 is 13.7. The second-order valence-electron chi connectivity index (χ2n) is 5.37. The van der Waals surface area contributed by atoms with Crippen LogP contribution in [0.5, 0.6) is 0 Å². The Hall–Kier alpha value is -2.50. The zero-order chi connectivity index (χ0) is 16.3. The zero-order valence-corrected chi connectivity index (χ0v) is 12.4. The first-order valence-corrected chi connectivity index (χ1v) is 6.97. The van der Waals surface area contributed by atoms with Crippen LogP contribution in [0, 0.1) is 5.82 Å². The van der Waals surface area contributed by atoms with Gasteiger partial charge in [0.2, 0.25) is 0 Å². The van der Waals surface area contributed by atoms with Crippen LogP contribution in [0.25, 0.3) is 10.9 Å². The largest absolute Gasteiger partial charge is 0.480 e. The van der Waals surface area contributed by atoms with Gasteiger partial charge in [0, 0.05) is 11.6 Å². The van der Waals surface area contributed by atoms with Crippen LogP contribution in [0.15, 0.2) is 30.5 Å². The molecule has 5 nitrogen and oxygen atoms in total. The fraction of sp³-hybridized carbons (Fsp3) is 0.312. The summed E-state index contributed by atoms with van der Waals surface area (Å²) in [4.78, 5) is 27.9. The molecular weight excluding hydrogens is 287 g/mol. The van der Waals surface area contributed by atoms with Gasteiger partial charge in [-0.3, -0.25) is 9.78 Å². The van der Waals surface area contributed by atoms with Crippen molar-refractivity contribution in [1.29, 1.82) is 0 Å². The Morgan fingerprint density at radius 2 is 2.14 bits per heavy atom. The summed E-state index contributed by atoms with van der Waals surface area (Å²) in [5.41, 5.74) is -1.04. The maximum atomic E-state index is 13.7. The van der Waals surface area contributed by atoms with Crippen molar-refractivity contribution in [3.8, 4) is 0 Å². The predicted molar refractivity (Wildman–Crippen MR) is 80.1 cm³/mol. The highest BCUT2D eigenvalue weighted by molar-refractivity contribution is 6.07. The second-order valence-corrected chi connectivity index (χ2v) is 5.37. The highest BCUT2D eigenvalue weighted by Gasteiger charge is 2.34. The van der Waals surface area contributed by atoms with E-state index in [0.717, 1.165) is 6.07 Å². The molecule has 1 heterocycles. The molecule has 116 valence electrons. The number of halogens is 1. The number of rotatable bonds is 5. The molecular formula is C16H17FN2O3. The summed E-state index contributed by atoms with van der Waals surface area (Å²) in [6.07, 6.45) is 2.36.